The summed E-state index contributed by atoms with van der Waals surface area (Å²) in [5.41, 5.74) is 1.89. The summed E-state index contributed by atoms with van der Waals surface area (Å²) in [5, 5.41) is 0.545. The van der Waals surface area contributed by atoms with Crippen molar-refractivity contribution in [2.75, 3.05) is 18.5 Å². The topological polar surface area (TPSA) is 3.24 Å². The van der Waals surface area contributed by atoms with Crippen LogP contribution in [0, 0.1) is 11.2 Å². The summed E-state index contributed by atoms with van der Waals surface area (Å²) in [5.74, 6) is -0.143. The highest BCUT2D eigenvalue weighted by atomic mass is 79.9. The molecule has 0 amide bonds. The molecule has 0 bridgehead atoms. The summed E-state index contributed by atoms with van der Waals surface area (Å²) in [6, 6.07) is 5.23. The first kappa shape index (κ1) is 13.5. The molecule has 0 fully saturated rings. The van der Waals surface area contributed by atoms with Crippen LogP contribution in [0.3, 0.4) is 0 Å². The number of rotatable bonds is 3. The van der Waals surface area contributed by atoms with E-state index in [0.717, 1.165) is 17.8 Å². The van der Waals surface area contributed by atoms with Gasteiger partial charge < -0.3 is 4.90 Å². The van der Waals surface area contributed by atoms with Crippen LogP contribution in [0.2, 0.25) is 0 Å². The van der Waals surface area contributed by atoms with E-state index >= 15 is 0 Å². The van der Waals surface area contributed by atoms with Crippen LogP contribution in [0.4, 0.5) is 10.1 Å². The zero-order chi connectivity index (χ0) is 12.3. The molecule has 90 valence electrons. The van der Waals surface area contributed by atoms with Crippen molar-refractivity contribution >= 4 is 21.6 Å². The molecule has 0 aliphatic heterocycles. The Labute approximate surface area is 106 Å². The Morgan fingerprint density at radius 2 is 1.94 bits per heavy atom. The average Bonchev–Trinajstić information content (AvgIpc) is 2.14. The van der Waals surface area contributed by atoms with Crippen LogP contribution in [0.15, 0.2) is 18.2 Å². The lowest BCUT2D eigenvalue weighted by Crippen LogP contribution is -2.29. The van der Waals surface area contributed by atoms with Gasteiger partial charge in [0.15, 0.2) is 0 Å². The second-order valence-corrected chi connectivity index (χ2v) is 5.85. The quantitative estimate of drug-likeness (QED) is 0.753. The van der Waals surface area contributed by atoms with E-state index in [1.807, 2.05) is 13.1 Å². The van der Waals surface area contributed by atoms with Crippen molar-refractivity contribution in [2.45, 2.75) is 26.1 Å². The SMILES string of the molecule is CN(CC(C)(C)C)c1cccc(F)c1CBr. The molecule has 0 aliphatic carbocycles. The van der Waals surface area contributed by atoms with E-state index in [4.69, 9.17) is 0 Å². The van der Waals surface area contributed by atoms with Crippen LogP contribution in [0.25, 0.3) is 0 Å². The Bertz CT molecular complexity index is 357. The van der Waals surface area contributed by atoms with Crippen molar-refractivity contribution in [1.29, 1.82) is 0 Å². The third-order valence-corrected chi connectivity index (χ3v) is 2.91. The maximum Gasteiger partial charge on any atom is 0.129 e. The van der Waals surface area contributed by atoms with Gasteiger partial charge in [0, 0.05) is 30.2 Å². The molecule has 0 saturated heterocycles. The maximum absolute atomic E-state index is 13.6. The monoisotopic (exact) mass is 287 g/mol. The third kappa shape index (κ3) is 3.48. The van der Waals surface area contributed by atoms with E-state index < -0.39 is 0 Å². The number of nitrogens with zero attached hydrogens (tertiary/aromatic N) is 1. The van der Waals surface area contributed by atoms with Crippen molar-refractivity contribution in [3.8, 4) is 0 Å². The number of hydrogen-bond donors (Lipinski definition) is 0. The molecule has 1 aromatic rings. The highest BCUT2D eigenvalue weighted by molar-refractivity contribution is 9.08. The van der Waals surface area contributed by atoms with Gasteiger partial charge in [-0.05, 0) is 17.5 Å². The Hall–Kier alpha value is -0.570. The zero-order valence-corrected chi connectivity index (χ0v) is 11.9. The summed E-state index contributed by atoms with van der Waals surface area (Å²) in [7, 11) is 2.01. The van der Waals surface area contributed by atoms with Gasteiger partial charge in [-0.15, -0.1) is 0 Å². The predicted molar refractivity (Wildman–Crippen MR) is 71.8 cm³/mol. The standard InChI is InChI=1S/C13H19BrFN/c1-13(2,3)9-16(4)12-7-5-6-11(15)10(12)8-14/h5-7H,8-9H2,1-4H3. The minimum absolute atomic E-state index is 0.143. The lowest BCUT2D eigenvalue weighted by molar-refractivity contribution is 0.418. The summed E-state index contributed by atoms with van der Waals surface area (Å²) < 4.78 is 13.6. The molecule has 3 heteroatoms. The van der Waals surface area contributed by atoms with Gasteiger partial charge >= 0.3 is 0 Å². The Morgan fingerprint density at radius 1 is 1.31 bits per heavy atom. The van der Waals surface area contributed by atoms with Crippen molar-refractivity contribution in [1.82, 2.24) is 0 Å². The highest BCUT2D eigenvalue weighted by Gasteiger charge is 2.17. The van der Waals surface area contributed by atoms with E-state index in [1.54, 1.807) is 6.07 Å². The number of alkyl halides is 1. The van der Waals surface area contributed by atoms with Crippen molar-refractivity contribution in [3.63, 3.8) is 0 Å². The number of hydrogen-bond acceptors (Lipinski definition) is 1. The molecular weight excluding hydrogens is 269 g/mol. The molecule has 1 aromatic carbocycles. The van der Waals surface area contributed by atoms with Crippen LogP contribution >= 0.6 is 15.9 Å². The molecule has 0 aliphatic rings. The minimum atomic E-state index is -0.143. The molecule has 0 N–H and O–H groups in total. The fourth-order valence-corrected chi connectivity index (χ4v) is 2.39. The molecule has 1 rings (SSSR count). The fourth-order valence-electron chi connectivity index (χ4n) is 1.83. The molecule has 0 spiro atoms. The fraction of sp³-hybridized carbons (Fsp3) is 0.538. The molecule has 0 saturated carbocycles. The summed E-state index contributed by atoms with van der Waals surface area (Å²) in [6.07, 6.45) is 0. The maximum atomic E-state index is 13.6. The van der Waals surface area contributed by atoms with Crippen LogP contribution in [-0.2, 0) is 5.33 Å². The third-order valence-electron chi connectivity index (χ3n) is 2.35. The normalized spacial score (nSPS) is 11.6. The lowest BCUT2D eigenvalue weighted by Gasteiger charge is -2.29. The molecule has 0 radical (unpaired) electrons. The van der Waals surface area contributed by atoms with E-state index in [9.17, 15) is 4.39 Å². The summed E-state index contributed by atoms with van der Waals surface area (Å²) >= 11 is 3.34. The second kappa shape index (κ2) is 5.17. The van der Waals surface area contributed by atoms with Gasteiger partial charge in [0.2, 0.25) is 0 Å². The van der Waals surface area contributed by atoms with Gasteiger partial charge in [-0.3, -0.25) is 0 Å². The minimum Gasteiger partial charge on any atom is -0.374 e. The first-order chi connectivity index (χ1) is 7.35. The first-order valence-electron chi connectivity index (χ1n) is 5.39. The molecule has 1 nitrogen and oxygen atoms in total. The van der Waals surface area contributed by atoms with E-state index in [2.05, 4.69) is 41.6 Å². The Kier molecular flexibility index (Phi) is 4.36. The van der Waals surface area contributed by atoms with Gasteiger partial charge in [-0.1, -0.05) is 42.8 Å². The second-order valence-electron chi connectivity index (χ2n) is 5.29. The van der Waals surface area contributed by atoms with Gasteiger partial charge in [0.1, 0.15) is 5.82 Å². The molecule has 16 heavy (non-hydrogen) atoms. The van der Waals surface area contributed by atoms with Gasteiger partial charge in [0.25, 0.3) is 0 Å². The lowest BCUT2D eigenvalue weighted by atomic mass is 9.96. The first-order valence-corrected chi connectivity index (χ1v) is 6.52. The largest absolute Gasteiger partial charge is 0.374 e. The number of halogens is 2. The zero-order valence-electron chi connectivity index (χ0n) is 10.3. The molecule has 0 atom stereocenters. The van der Waals surface area contributed by atoms with E-state index in [1.165, 1.54) is 6.07 Å². The summed E-state index contributed by atoms with van der Waals surface area (Å²) in [6.45, 7) is 7.43. The molecule has 0 unspecified atom stereocenters. The van der Waals surface area contributed by atoms with Gasteiger partial charge in [-0.25, -0.2) is 4.39 Å². The smallest absolute Gasteiger partial charge is 0.129 e. The Morgan fingerprint density at radius 3 is 2.44 bits per heavy atom. The van der Waals surface area contributed by atoms with Crippen molar-refractivity contribution < 1.29 is 4.39 Å². The van der Waals surface area contributed by atoms with Crippen LogP contribution in [0.5, 0.6) is 0 Å². The highest BCUT2D eigenvalue weighted by Crippen LogP contribution is 2.27. The van der Waals surface area contributed by atoms with Crippen LogP contribution in [-0.4, -0.2) is 13.6 Å². The number of benzene rings is 1. The van der Waals surface area contributed by atoms with Gasteiger partial charge in [0.05, 0.1) is 0 Å². The molecule has 0 heterocycles. The average molecular weight is 288 g/mol. The van der Waals surface area contributed by atoms with Crippen molar-refractivity contribution in [2.24, 2.45) is 5.41 Å². The number of anilines is 1. The van der Waals surface area contributed by atoms with Crippen LogP contribution in [0.1, 0.15) is 26.3 Å². The van der Waals surface area contributed by atoms with Crippen LogP contribution < -0.4 is 4.90 Å². The molecular formula is C13H19BrFN. The van der Waals surface area contributed by atoms with E-state index in [-0.39, 0.29) is 11.2 Å². The van der Waals surface area contributed by atoms with Gasteiger partial charge in [-0.2, -0.15) is 0 Å². The Balaban J connectivity index is 2.99. The predicted octanol–water partition coefficient (Wildman–Crippen LogP) is 4.20. The molecule has 0 aromatic heterocycles. The summed E-state index contributed by atoms with van der Waals surface area (Å²) in [4.78, 5) is 2.11. The van der Waals surface area contributed by atoms with E-state index in [0.29, 0.717) is 5.33 Å². The van der Waals surface area contributed by atoms with Crippen molar-refractivity contribution in [3.05, 3.63) is 29.6 Å².